The summed E-state index contributed by atoms with van der Waals surface area (Å²) in [7, 11) is 1.69. The molecule has 0 heterocycles. The maximum absolute atomic E-state index is 6.12. The minimum Gasteiger partial charge on any atom is -0.496 e. The van der Waals surface area contributed by atoms with E-state index in [-0.39, 0.29) is 6.04 Å². The molecule has 0 saturated heterocycles. The maximum atomic E-state index is 6.12. The van der Waals surface area contributed by atoms with E-state index in [4.69, 9.17) is 10.5 Å². The Bertz CT molecular complexity index is 336. The van der Waals surface area contributed by atoms with E-state index in [1.54, 1.807) is 7.11 Å². The zero-order valence-corrected chi connectivity index (χ0v) is 10.3. The highest BCUT2D eigenvalue weighted by molar-refractivity contribution is 14.1. The van der Waals surface area contributed by atoms with Crippen LogP contribution in [0.4, 0.5) is 0 Å². The van der Waals surface area contributed by atoms with Crippen LogP contribution >= 0.6 is 22.6 Å². The van der Waals surface area contributed by atoms with Gasteiger partial charge in [-0.15, -0.1) is 0 Å². The molecule has 2 nitrogen and oxygen atoms in total. The normalized spacial score (nSPS) is 17.9. The number of hydrogen-bond donors (Lipinski definition) is 1. The van der Waals surface area contributed by atoms with E-state index in [1.165, 1.54) is 18.4 Å². The molecular formula is C11H14INO. The van der Waals surface area contributed by atoms with Gasteiger partial charge in [0.15, 0.2) is 0 Å². The van der Waals surface area contributed by atoms with Crippen molar-refractivity contribution >= 4 is 22.6 Å². The van der Waals surface area contributed by atoms with Gasteiger partial charge < -0.3 is 10.5 Å². The molecule has 2 rings (SSSR count). The summed E-state index contributed by atoms with van der Waals surface area (Å²) in [5.41, 5.74) is 7.35. The minimum absolute atomic E-state index is 0.217. The Labute approximate surface area is 98.0 Å². The van der Waals surface area contributed by atoms with Gasteiger partial charge in [-0.1, -0.05) is 6.07 Å². The molecule has 1 aliphatic carbocycles. The first kappa shape index (κ1) is 10.2. The molecule has 0 bridgehead atoms. The van der Waals surface area contributed by atoms with Crippen molar-refractivity contribution < 1.29 is 4.74 Å². The van der Waals surface area contributed by atoms with Gasteiger partial charge in [-0.05, 0) is 59.0 Å². The fourth-order valence-corrected chi connectivity index (χ4v) is 2.38. The highest BCUT2D eigenvalue weighted by Gasteiger charge is 2.29. The van der Waals surface area contributed by atoms with Crippen LogP contribution in [0.2, 0.25) is 0 Å². The predicted molar refractivity (Wildman–Crippen MR) is 65.4 cm³/mol. The second-order valence-corrected chi connectivity index (χ2v) is 4.92. The van der Waals surface area contributed by atoms with Crippen LogP contribution in [0.25, 0.3) is 0 Å². The second-order valence-electron chi connectivity index (χ2n) is 3.76. The van der Waals surface area contributed by atoms with Crippen molar-refractivity contribution in [3.63, 3.8) is 0 Å². The summed E-state index contributed by atoms with van der Waals surface area (Å²) < 4.78 is 6.35. The molecule has 0 aliphatic heterocycles. The van der Waals surface area contributed by atoms with Gasteiger partial charge >= 0.3 is 0 Å². The molecule has 3 heteroatoms. The molecule has 1 fully saturated rings. The van der Waals surface area contributed by atoms with E-state index in [0.29, 0.717) is 5.92 Å². The molecule has 0 unspecified atom stereocenters. The molecule has 0 amide bonds. The third-order valence-corrected chi connectivity index (χ3v) is 3.53. The summed E-state index contributed by atoms with van der Waals surface area (Å²) in [6.45, 7) is 0. The second kappa shape index (κ2) is 4.06. The Hall–Kier alpha value is -0.290. The first-order valence-electron chi connectivity index (χ1n) is 4.81. The summed E-state index contributed by atoms with van der Waals surface area (Å²) in [4.78, 5) is 0. The molecule has 1 saturated carbocycles. The number of nitrogens with two attached hydrogens (primary N) is 1. The van der Waals surface area contributed by atoms with E-state index < -0.39 is 0 Å². The van der Waals surface area contributed by atoms with Crippen LogP contribution in [0.15, 0.2) is 18.2 Å². The first-order valence-corrected chi connectivity index (χ1v) is 5.89. The smallest absolute Gasteiger partial charge is 0.132 e. The van der Waals surface area contributed by atoms with Gasteiger partial charge in [-0.3, -0.25) is 0 Å². The zero-order chi connectivity index (χ0) is 10.1. The van der Waals surface area contributed by atoms with Crippen molar-refractivity contribution in [2.75, 3.05) is 7.11 Å². The Morgan fingerprint density at radius 2 is 2.21 bits per heavy atom. The number of rotatable bonds is 3. The highest BCUT2D eigenvalue weighted by atomic mass is 127. The molecule has 1 aromatic carbocycles. The van der Waals surface area contributed by atoms with Crippen LogP contribution in [0.3, 0.4) is 0 Å². The van der Waals surface area contributed by atoms with Crippen molar-refractivity contribution in [2.45, 2.75) is 18.9 Å². The molecule has 1 atom stereocenters. The van der Waals surface area contributed by atoms with Gasteiger partial charge in [0, 0.05) is 6.04 Å². The zero-order valence-electron chi connectivity index (χ0n) is 8.16. The topological polar surface area (TPSA) is 35.2 Å². The Morgan fingerprint density at radius 3 is 2.71 bits per heavy atom. The van der Waals surface area contributed by atoms with Gasteiger partial charge in [0.2, 0.25) is 0 Å². The molecule has 0 aromatic heterocycles. The molecule has 2 N–H and O–H groups in total. The van der Waals surface area contributed by atoms with Crippen LogP contribution in [0.5, 0.6) is 5.75 Å². The van der Waals surface area contributed by atoms with E-state index in [1.807, 2.05) is 6.07 Å². The Kier molecular flexibility index (Phi) is 2.97. The standard InChI is InChI=1S/C11H14INO/c1-14-10-5-4-8(6-9(10)12)11(13)7-2-3-7/h4-7,11H,2-3,13H2,1H3/t11-/m0/s1. The van der Waals surface area contributed by atoms with Crippen LogP contribution < -0.4 is 10.5 Å². The fraction of sp³-hybridized carbons (Fsp3) is 0.455. The Morgan fingerprint density at radius 1 is 1.50 bits per heavy atom. The molecular weight excluding hydrogens is 289 g/mol. The number of methoxy groups -OCH3 is 1. The van der Waals surface area contributed by atoms with E-state index in [9.17, 15) is 0 Å². The average Bonchev–Trinajstić information content (AvgIpc) is 3.00. The van der Waals surface area contributed by atoms with E-state index in [0.717, 1.165) is 9.32 Å². The van der Waals surface area contributed by atoms with Crippen molar-refractivity contribution in [3.05, 3.63) is 27.3 Å². The van der Waals surface area contributed by atoms with Crippen LogP contribution in [0.1, 0.15) is 24.4 Å². The van der Waals surface area contributed by atoms with E-state index >= 15 is 0 Å². The monoisotopic (exact) mass is 303 g/mol. The van der Waals surface area contributed by atoms with Crippen molar-refractivity contribution in [3.8, 4) is 5.75 Å². The summed E-state index contributed by atoms with van der Waals surface area (Å²) in [6, 6.07) is 6.42. The van der Waals surface area contributed by atoms with Crippen LogP contribution in [-0.4, -0.2) is 7.11 Å². The van der Waals surface area contributed by atoms with Crippen LogP contribution in [-0.2, 0) is 0 Å². The predicted octanol–water partition coefficient (Wildman–Crippen LogP) is 2.71. The third-order valence-electron chi connectivity index (χ3n) is 2.69. The first-order chi connectivity index (χ1) is 6.72. The third kappa shape index (κ3) is 2.03. The van der Waals surface area contributed by atoms with Gasteiger partial charge in [-0.2, -0.15) is 0 Å². The SMILES string of the molecule is COc1ccc([C@@H](N)C2CC2)cc1I. The minimum atomic E-state index is 0.217. The maximum Gasteiger partial charge on any atom is 0.132 e. The quantitative estimate of drug-likeness (QED) is 0.871. The molecule has 14 heavy (non-hydrogen) atoms. The fourth-order valence-electron chi connectivity index (χ4n) is 1.62. The largest absolute Gasteiger partial charge is 0.496 e. The number of ether oxygens (including phenoxy) is 1. The molecule has 0 spiro atoms. The number of halogens is 1. The van der Waals surface area contributed by atoms with Crippen molar-refractivity contribution in [2.24, 2.45) is 11.7 Å². The lowest BCUT2D eigenvalue weighted by Gasteiger charge is -2.12. The van der Waals surface area contributed by atoms with Crippen molar-refractivity contribution in [1.82, 2.24) is 0 Å². The molecule has 1 aromatic rings. The summed E-state index contributed by atoms with van der Waals surface area (Å²) in [5, 5.41) is 0. The average molecular weight is 303 g/mol. The highest BCUT2D eigenvalue weighted by Crippen LogP contribution is 2.40. The number of hydrogen-bond acceptors (Lipinski definition) is 2. The van der Waals surface area contributed by atoms with Crippen LogP contribution in [0, 0.1) is 9.49 Å². The summed E-state index contributed by atoms with van der Waals surface area (Å²) >= 11 is 2.28. The van der Waals surface area contributed by atoms with Gasteiger partial charge in [0.05, 0.1) is 10.7 Å². The lowest BCUT2D eigenvalue weighted by Crippen LogP contribution is -2.12. The molecule has 76 valence electrons. The van der Waals surface area contributed by atoms with Gasteiger partial charge in [0.1, 0.15) is 5.75 Å². The lowest BCUT2D eigenvalue weighted by molar-refractivity contribution is 0.411. The molecule has 1 aliphatic rings. The summed E-state index contributed by atoms with van der Waals surface area (Å²) in [6.07, 6.45) is 2.56. The molecule has 0 radical (unpaired) electrons. The van der Waals surface area contributed by atoms with E-state index in [2.05, 4.69) is 34.7 Å². The summed E-state index contributed by atoms with van der Waals surface area (Å²) in [5.74, 6) is 1.64. The van der Waals surface area contributed by atoms with Gasteiger partial charge in [0.25, 0.3) is 0 Å². The lowest BCUT2D eigenvalue weighted by atomic mass is 10.0. The van der Waals surface area contributed by atoms with Crippen molar-refractivity contribution in [1.29, 1.82) is 0 Å². The van der Waals surface area contributed by atoms with Gasteiger partial charge in [-0.25, -0.2) is 0 Å². The Balaban J connectivity index is 2.22. The number of benzene rings is 1.